The predicted molar refractivity (Wildman–Crippen MR) is 80.3 cm³/mol. The Morgan fingerprint density at radius 3 is 3.06 bits per heavy atom. The van der Waals surface area contributed by atoms with E-state index in [1.54, 1.807) is 6.20 Å². The molecule has 2 heterocycles. The van der Waals surface area contributed by atoms with Crippen LogP contribution in [-0.2, 0) is 0 Å². The van der Waals surface area contributed by atoms with Gasteiger partial charge < -0.3 is 10.6 Å². The molecule has 1 aromatic heterocycles. The summed E-state index contributed by atoms with van der Waals surface area (Å²) in [7, 11) is 2.18. The van der Waals surface area contributed by atoms with E-state index in [1.165, 1.54) is 23.6 Å². The number of anilines is 2. The summed E-state index contributed by atoms with van der Waals surface area (Å²) in [5, 5.41) is 1.15. The summed E-state index contributed by atoms with van der Waals surface area (Å²) in [4.78, 5) is 6.77. The van der Waals surface area contributed by atoms with Crippen LogP contribution >= 0.6 is 11.8 Å². The van der Waals surface area contributed by atoms with Crippen LogP contribution in [0.1, 0.15) is 6.42 Å². The number of rotatable bonds is 2. The molecule has 1 aromatic carbocycles. The summed E-state index contributed by atoms with van der Waals surface area (Å²) in [5.74, 6) is 2.47. The summed E-state index contributed by atoms with van der Waals surface area (Å²) in [6.45, 7) is 0. The Hall–Kier alpha value is -1.42. The number of thioether (sulfide) groups is 1. The summed E-state index contributed by atoms with van der Waals surface area (Å²) in [5.41, 5.74) is 8.89. The fourth-order valence-corrected chi connectivity index (χ4v) is 3.78. The van der Waals surface area contributed by atoms with Crippen LogP contribution in [0.3, 0.4) is 0 Å². The maximum absolute atomic E-state index is 5.99. The van der Waals surface area contributed by atoms with Gasteiger partial charge in [0.05, 0.1) is 11.2 Å². The average molecular weight is 259 g/mol. The molecule has 94 valence electrons. The maximum Gasteiger partial charge on any atom is 0.0951 e. The van der Waals surface area contributed by atoms with Gasteiger partial charge >= 0.3 is 0 Å². The van der Waals surface area contributed by atoms with Crippen LogP contribution in [-0.4, -0.2) is 29.6 Å². The highest BCUT2D eigenvalue weighted by atomic mass is 32.2. The topological polar surface area (TPSA) is 42.1 Å². The highest BCUT2D eigenvalue weighted by Gasteiger charge is 2.21. The van der Waals surface area contributed by atoms with E-state index in [1.807, 2.05) is 23.9 Å². The first kappa shape index (κ1) is 11.7. The van der Waals surface area contributed by atoms with Gasteiger partial charge in [-0.05, 0) is 36.4 Å². The first-order valence-electron chi connectivity index (χ1n) is 6.21. The molecule has 3 rings (SSSR count). The molecule has 1 atom stereocenters. The second-order valence-corrected chi connectivity index (χ2v) is 5.85. The molecule has 18 heavy (non-hydrogen) atoms. The van der Waals surface area contributed by atoms with Gasteiger partial charge in [0.25, 0.3) is 0 Å². The van der Waals surface area contributed by atoms with Gasteiger partial charge in [-0.1, -0.05) is 0 Å². The van der Waals surface area contributed by atoms with E-state index < -0.39 is 0 Å². The number of nitrogens with two attached hydrogens (primary N) is 1. The van der Waals surface area contributed by atoms with Gasteiger partial charge in [0, 0.05) is 36.1 Å². The summed E-state index contributed by atoms with van der Waals surface area (Å²) < 4.78 is 0. The van der Waals surface area contributed by atoms with Crippen molar-refractivity contribution in [1.82, 2.24) is 4.98 Å². The van der Waals surface area contributed by atoms with E-state index in [-0.39, 0.29) is 0 Å². The third-order valence-corrected chi connectivity index (χ3v) is 4.76. The minimum atomic E-state index is 0.627. The summed E-state index contributed by atoms with van der Waals surface area (Å²) in [6.07, 6.45) is 3.06. The lowest BCUT2D eigenvalue weighted by Crippen LogP contribution is -2.31. The SMILES string of the molecule is CN(c1ccc(N)c2ncccc12)C1CCSC1. The Labute approximate surface area is 111 Å². The molecule has 0 radical (unpaired) electrons. The molecule has 1 aliphatic heterocycles. The van der Waals surface area contributed by atoms with Crippen LogP contribution in [0.4, 0.5) is 11.4 Å². The molecule has 1 unspecified atom stereocenters. The lowest BCUT2D eigenvalue weighted by molar-refractivity contribution is 0.702. The van der Waals surface area contributed by atoms with Crippen molar-refractivity contribution in [3.63, 3.8) is 0 Å². The molecule has 3 nitrogen and oxygen atoms in total. The van der Waals surface area contributed by atoms with Crippen molar-refractivity contribution in [3.05, 3.63) is 30.5 Å². The van der Waals surface area contributed by atoms with Crippen LogP contribution in [0.2, 0.25) is 0 Å². The molecule has 2 N–H and O–H groups in total. The second kappa shape index (κ2) is 4.69. The first-order chi connectivity index (χ1) is 8.77. The molecule has 1 fully saturated rings. The molecule has 1 aliphatic rings. The van der Waals surface area contributed by atoms with Crippen LogP contribution < -0.4 is 10.6 Å². The van der Waals surface area contributed by atoms with Gasteiger partial charge in [-0.15, -0.1) is 0 Å². The standard InChI is InChI=1S/C14H17N3S/c1-17(10-6-8-18-9-10)13-5-4-12(15)14-11(13)3-2-7-16-14/h2-5,7,10H,6,8-9,15H2,1H3. The van der Waals surface area contributed by atoms with Crippen LogP contribution in [0.25, 0.3) is 10.9 Å². The Morgan fingerprint density at radius 1 is 1.39 bits per heavy atom. The zero-order chi connectivity index (χ0) is 12.5. The number of nitrogens with zero attached hydrogens (tertiary/aromatic N) is 2. The average Bonchev–Trinajstić information content (AvgIpc) is 2.93. The zero-order valence-corrected chi connectivity index (χ0v) is 11.3. The fourth-order valence-electron chi connectivity index (χ4n) is 2.51. The normalized spacial score (nSPS) is 19.3. The smallest absolute Gasteiger partial charge is 0.0951 e. The number of fused-ring (bicyclic) bond motifs is 1. The molecule has 0 aliphatic carbocycles. The van der Waals surface area contributed by atoms with Crippen LogP contribution in [0.5, 0.6) is 0 Å². The Kier molecular flexibility index (Phi) is 3.04. The van der Waals surface area contributed by atoms with Gasteiger partial charge in [-0.2, -0.15) is 11.8 Å². The number of pyridine rings is 1. The van der Waals surface area contributed by atoms with Gasteiger partial charge in [0.15, 0.2) is 0 Å². The highest BCUT2D eigenvalue weighted by Crippen LogP contribution is 2.32. The van der Waals surface area contributed by atoms with E-state index in [4.69, 9.17) is 5.73 Å². The zero-order valence-electron chi connectivity index (χ0n) is 10.5. The van der Waals surface area contributed by atoms with Crippen molar-refractivity contribution in [2.24, 2.45) is 0 Å². The minimum absolute atomic E-state index is 0.627. The van der Waals surface area contributed by atoms with Crippen LogP contribution in [0, 0.1) is 0 Å². The number of benzene rings is 1. The maximum atomic E-state index is 5.99. The van der Waals surface area contributed by atoms with Crippen molar-refractivity contribution in [3.8, 4) is 0 Å². The largest absolute Gasteiger partial charge is 0.397 e. The quantitative estimate of drug-likeness (QED) is 0.842. The van der Waals surface area contributed by atoms with E-state index in [0.29, 0.717) is 6.04 Å². The molecular weight excluding hydrogens is 242 g/mol. The fraction of sp³-hybridized carbons (Fsp3) is 0.357. The van der Waals surface area contributed by atoms with E-state index >= 15 is 0 Å². The van der Waals surface area contributed by atoms with E-state index in [2.05, 4.69) is 29.1 Å². The highest BCUT2D eigenvalue weighted by molar-refractivity contribution is 7.99. The van der Waals surface area contributed by atoms with Gasteiger partial charge in [0.2, 0.25) is 0 Å². The van der Waals surface area contributed by atoms with Gasteiger partial charge in [0.1, 0.15) is 0 Å². The first-order valence-corrected chi connectivity index (χ1v) is 7.36. The molecule has 0 spiro atoms. The summed E-state index contributed by atoms with van der Waals surface area (Å²) in [6, 6.07) is 8.78. The van der Waals surface area contributed by atoms with Gasteiger partial charge in [-0.25, -0.2) is 0 Å². The van der Waals surface area contributed by atoms with Crippen molar-refractivity contribution in [2.75, 3.05) is 29.2 Å². The van der Waals surface area contributed by atoms with Crippen molar-refractivity contribution in [1.29, 1.82) is 0 Å². The van der Waals surface area contributed by atoms with Crippen LogP contribution in [0.15, 0.2) is 30.5 Å². The summed E-state index contributed by atoms with van der Waals surface area (Å²) >= 11 is 2.03. The molecule has 4 heteroatoms. The molecule has 0 saturated carbocycles. The lowest BCUT2D eigenvalue weighted by Gasteiger charge is -2.27. The molecule has 1 saturated heterocycles. The minimum Gasteiger partial charge on any atom is -0.397 e. The monoisotopic (exact) mass is 259 g/mol. The number of hydrogen-bond donors (Lipinski definition) is 1. The van der Waals surface area contributed by atoms with Crippen molar-refractivity contribution < 1.29 is 0 Å². The Bertz CT molecular complexity index is 564. The third-order valence-electron chi connectivity index (χ3n) is 3.61. The van der Waals surface area contributed by atoms with E-state index in [9.17, 15) is 0 Å². The Balaban J connectivity index is 2.08. The van der Waals surface area contributed by atoms with E-state index in [0.717, 1.165) is 16.6 Å². The van der Waals surface area contributed by atoms with Gasteiger partial charge in [-0.3, -0.25) is 4.98 Å². The molecule has 0 bridgehead atoms. The number of aromatic nitrogens is 1. The predicted octanol–water partition coefficient (Wildman–Crippen LogP) is 2.76. The van der Waals surface area contributed by atoms with Crippen molar-refractivity contribution in [2.45, 2.75) is 12.5 Å². The Morgan fingerprint density at radius 2 is 2.28 bits per heavy atom. The lowest BCUT2D eigenvalue weighted by atomic mass is 10.1. The second-order valence-electron chi connectivity index (χ2n) is 4.70. The number of nitrogen functional groups attached to an aromatic ring is 1. The van der Waals surface area contributed by atoms with Crippen molar-refractivity contribution >= 4 is 34.0 Å². The molecule has 2 aromatic rings. The third kappa shape index (κ3) is 1.90. The number of hydrogen-bond acceptors (Lipinski definition) is 4. The molecule has 0 amide bonds. The molecular formula is C14H17N3S.